The first-order valence-corrected chi connectivity index (χ1v) is 15.4. The van der Waals surface area contributed by atoms with E-state index in [0.717, 1.165) is 10.8 Å². The molecule has 2 saturated heterocycles. The van der Waals surface area contributed by atoms with E-state index >= 15 is 0 Å². The molecule has 2 aliphatic heterocycles. The Bertz CT molecular complexity index is 2030. The summed E-state index contributed by atoms with van der Waals surface area (Å²) in [5.41, 5.74) is 19.7. The van der Waals surface area contributed by atoms with Crippen LogP contribution in [0.15, 0.2) is 22.0 Å². The van der Waals surface area contributed by atoms with Gasteiger partial charge >= 0.3 is 0 Å². The van der Waals surface area contributed by atoms with Gasteiger partial charge in [-0.15, -0.1) is 0 Å². The minimum atomic E-state index is -2.32. The highest BCUT2D eigenvalue weighted by molar-refractivity contribution is 7.45. The van der Waals surface area contributed by atoms with E-state index in [2.05, 4.69) is 29.5 Å². The second kappa shape index (κ2) is 14.3. The summed E-state index contributed by atoms with van der Waals surface area (Å²) in [4.78, 5) is 73.5. The van der Waals surface area contributed by atoms with Crippen LogP contribution in [0, 0.1) is 0 Å². The Morgan fingerprint density at radius 2 is 1.28 bits per heavy atom. The van der Waals surface area contributed by atoms with Crippen molar-refractivity contribution in [1.82, 2.24) is 29.1 Å². The molecule has 4 aromatic rings. The van der Waals surface area contributed by atoms with Gasteiger partial charge in [-0.2, -0.15) is 19.5 Å². The molecule has 2 fully saturated rings. The number of primary amides is 2. The number of nitrogen functional groups attached to an aromatic ring is 2. The maximum atomic E-state index is 12.1. The van der Waals surface area contributed by atoms with Crippen LogP contribution < -0.4 is 34.1 Å². The van der Waals surface area contributed by atoms with E-state index in [1.165, 1.54) is 10.8 Å². The smallest absolute Gasteiger partial charge is 0.262 e. The van der Waals surface area contributed by atoms with Gasteiger partial charge in [0.2, 0.25) is 26.6 Å². The van der Waals surface area contributed by atoms with Gasteiger partial charge in [-0.25, -0.2) is 0 Å². The second-order valence-electron chi connectivity index (χ2n) is 10.7. The fraction of sp³-hybridized carbons (Fsp3) is 0.417. The maximum absolute atomic E-state index is 12.1. The topological polar surface area (TPSA) is 418 Å². The van der Waals surface area contributed by atoms with Gasteiger partial charge in [-0.1, -0.05) is 0 Å². The predicted octanol–water partition coefficient (Wildman–Crippen LogP) is -5.80. The molecule has 50 heavy (non-hydrogen) atoms. The van der Waals surface area contributed by atoms with Gasteiger partial charge in [0.15, 0.2) is 23.8 Å². The maximum Gasteiger partial charge on any atom is 0.262 e. The van der Waals surface area contributed by atoms with Crippen LogP contribution in [0.1, 0.15) is 33.2 Å². The molecule has 6 rings (SSSR count). The van der Waals surface area contributed by atoms with Crippen LogP contribution in [-0.4, -0.2) is 126 Å². The third-order valence-electron chi connectivity index (χ3n) is 7.54. The zero-order valence-corrected chi connectivity index (χ0v) is 26.0. The third kappa shape index (κ3) is 6.63. The van der Waals surface area contributed by atoms with Crippen LogP contribution in [0.3, 0.4) is 0 Å². The number of nitrogens with two attached hydrogens (primary N) is 4. The highest BCUT2D eigenvalue weighted by Crippen LogP contribution is 2.37. The first-order chi connectivity index (χ1) is 23.6. The van der Waals surface area contributed by atoms with Crippen molar-refractivity contribution in [1.29, 1.82) is 0 Å². The SMILES string of the molecule is NC(=O)c1cn([C@@H]2O[C@H](CO)C(O)[C@@H]2O)c2nc(N)[nH]c(=O)c12.NC(=O)c1cn([C@@H]2O[C@H](OOP(O)CO)C(O)[C@@H]2O)c2nc(N)[nH]c(=O)c12. The van der Waals surface area contributed by atoms with Crippen molar-refractivity contribution in [3.8, 4) is 0 Å². The fourth-order valence-corrected chi connectivity index (χ4v) is 5.50. The molecule has 0 radical (unpaired) electrons. The summed E-state index contributed by atoms with van der Waals surface area (Å²) in [7, 11) is -2.32. The van der Waals surface area contributed by atoms with Crippen LogP contribution in [0.4, 0.5) is 11.9 Å². The van der Waals surface area contributed by atoms with E-state index in [9.17, 15) is 39.6 Å². The molecule has 17 N–H and O–H groups in total. The molecule has 25 nitrogen and oxygen atoms in total. The van der Waals surface area contributed by atoms with E-state index in [4.69, 9.17) is 47.5 Å². The number of aromatic nitrogens is 6. The molecule has 0 saturated carbocycles. The molecule has 9 atom stereocenters. The Morgan fingerprint density at radius 3 is 1.70 bits per heavy atom. The number of H-pyrrole nitrogens is 2. The van der Waals surface area contributed by atoms with Crippen molar-refractivity contribution < 1.29 is 64.2 Å². The van der Waals surface area contributed by atoms with Gasteiger partial charge in [0.25, 0.3) is 22.9 Å². The molecule has 0 aliphatic carbocycles. The Balaban J connectivity index is 0.000000197. The number of hydrogen-bond donors (Lipinski definition) is 13. The Hall–Kier alpha value is -4.63. The van der Waals surface area contributed by atoms with Gasteiger partial charge in [0, 0.05) is 12.4 Å². The second-order valence-corrected chi connectivity index (χ2v) is 11.8. The summed E-state index contributed by atoms with van der Waals surface area (Å²) in [6.45, 7) is -0.521. The van der Waals surface area contributed by atoms with Crippen LogP contribution in [0.25, 0.3) is 22.1 Å². The lowest BCUT2D eigenvalue weighted by Gasteiger charge is -2.17. The lowest BCUT2D eigenvalue weighted by molar-refractivity contribution is -0.332. The number of anilines is 2. The number of aliphatic hydroxyl groups excluding tert-OH is 6. The average Bonchev–Trinajstić information content (AvgIpc) is 3.78. The molecule has 2 aliphatic rings. The summed E-state index contributed by atoms with van der Waals surface area (Å²) >= 11 is 0. The van der Waals surface area contributed by atoms with E-state index in [1.807, 2.05) is 0 Å². The van der Waals surface area contributed by atoms with Crippen molar-refractivity contribution in [3.63, 3.8) is 0 Å². The first kappa shape index (κ1) is 36.6. The van der Waals surface area contributed by atoms with E-state index in [-0.39, 0.29) is 45.1 Å². The molecular weight excluding hydrogens is 699 g/mol. The van der Waals surface area contributed by atoms with E-state index in [0.29, 0.717) is 0 Å². The monoisotopic (exact) mass is 730 g/mol. The highest BCUT2D eigenvalue weighted by Gasteiger charge is 2.47. The number of rotatable bonds is 9. The molecule has 0 spiro atoms. The zero-order valence-electron chi connectivity index (χ0n) is 25.1. The number of carbonyl (C=O) groups is 2. The van der Waals surface area contributed by atoms with Gasteiger partial charge < -0.3 is 77.1 Å². The van der Waals surface area contributed by atoms with Crippen LogP contribution in [0.2, 0.25) is 0 Å². The van der Waals surface area contributed by atoms with Crippen molar-refractivity contribution in [3.05, 3.63) is 44.2 Å². The molecule has 6 heterocycles. The standard InChI is InChI=1S/C12H16N5O9P.C12H15N5O6/c13-7(21)3-1-17(8-4(3)9(22)16-12(14)15-8)10-5(19)6(20)11(24-10)25-26-27(23)2-18;13-8(21)3-1-17(9-5(3)10(22)16-12(14)15-9)11-7(20)6(19)4(2-18)23-11/h1,5-6,10-11,18-20,23H,2H2,(H2,13,21)(H3,14,15,16,22);1,4,6-7,11,18-20H,2H2,(H2,13,21)(H3,14,15,16,22)/t5-,6?,10+,11+,27?;4-,6?,7+,11-/m01/s1. The number of hydrogen-bond acceptors (Lipinski definition) is 19. The minimum Gasteiger partial charge on any atom is -0.394 e. The van der Waals surface area contributed by atoms with Crippen molar-refractivity contribution in [2.24, 2.45) is 11.5 Å². The predicted molar refractivity (Wildman–Crippen MR) is 164 cm³/mol. The van der Waals surface area contributed by atoms with E-state index < -0.39 is 93.5 Å². The van der Waals surface area contributed by atoms with E-state index in [1.54, 1.807) is 0 Å². The quantitative estimate of drug-likeness (QED) is 0.0433. The lowest BCUT2D eigenvalue weighted by Crippen LogP contribution is -2.33. The number of fused-ring (bicyclic) bond motifs is 2. The van der Waals surface area contributed by atoms with Crippen LogP contribution in [-0.2, 0) is 19.0 Å². The van der Waals surface area contributed by atoms with Crippen molar-refractivity contribution in [2.75, 3.05) is 24.4 Å². The fourth-order valence-electron chi connectivity index (χ4n) is 5.27. The molecule has 272 valence electrons. The van der Waals surface area contributed by atoms with Gasteiger partial charge in [0.1, 0.15) is 36.9 Å². The number of carbonyl (C=O) groups excluding carboxylic acids is 2. The van der Waals surface area contributed by atoms with Gasteiger partial charge in [0.05, 0.1) is 28.5 Å². The van der Waals surface area contributed by atoms with Crippen LogP contribution >= 0.6 is 8.38 Å². The molecule has 2 amide bonds. The zero-order chi connectivity index (χ0) is 36.8. The van der Waals surface area contributed by atoms with Crippen molar-refractivity contribution >= 4 is 54.2 Å². The molecule has 3 unspecified atom stereocenters. The summed E-state index contributed by atoms with van der Waals surface area (Å²) in [6, 6.07) is 0. The van der Waals surface area contributed by atoms with Gasteiger partial charge in [-0.05, 0) is 0 Å². The number of aromatic amines is 2. The van der Waals surface area contributed by atoms with Gasteiger partial charge in [-0.3, -0.25) is 29.1 Å². The minimum absolute atomic E-state index is 0.0325. The lowest BCUT2D eigenvalue weighted by atomic mass is 10.1. The molecule has 26 heteroatoms. The number of aliphatic hydroxyl groups is 6. The summed E-state index contributed by atoms with van der Waals surface area (Å²) in [6.07, 6.45) is -9.53. The summed E-state index contributed by atoms with van der Waals surface area (Å²) in [5, 5.41) is 57.8. The molecule has 0 bridgehead atoms. The average molecular weight is 731 g/mol. The number of ether oxygens (including phenoxy) is 2. The summed E-state index contributed by atoms with van der Waals surface area (Å²) in [5.74, 6) is -2.28. The molecule has 4 aromatic heterocycles. The normalized spacial score (nSPS) is 27.0. The molecular formula is C24H31N10O15P. The third-order valence-corrected chi connectivity index (χ3v) is 8.04. The Morgan fingerprint density at radius 1 is 0.820 bits per heavy atom. The number of nitrogens with one attached hydrogen (secondary N) is 2. The van der Waals surface area contributed by atoms with Crippen LogP contribution in [0.5, 0.6) is 0 Å². The highest BCUT2D eigenvalue weighted by atomic mass is 31.2. The van der Waals surface area contributed by atoms with Crippen molar-refractivity contribution in [2.45, 2.75) is 49.3 Å². The largest absolute Gasteiger partial charge is 0.394 e. The first-order valence-electron chi connectivity index (χ1n) is 14.0. The number of amides is 2. The Kier molecular flexibility index (Phi) is 10.5. The number of nitrogens with zero attached hydrogens (tertiary/aromatic N) is 4. The Labute approximate surface area is 277 Å². The molecule has 0 aromatic carbocycles. The summed E-state index contributed by atoms with van der Waals surface area (Å²) < 4.78 is 17.4.